The molecular formula is C22H21ClF3N3O3S2. The summed E-state index contributed by atoms with van der Waals surface area (Å²) in [6, 6.07) is 7.19. The molecule has 2 aromatic rings. The molecule has 0 aromatic heterocycles. The number of aryl methyl sites for hydroxylation is 2. The van der Waals surface area contributed by atoms with Crippen LogP contribution in [-0.4, -0.2) is 48.8 Å². The number of rotatable bonds is 4. The summed E-state index contributed by atoms with van der Waals surface area (Å²) < 4.78 is 64.4. The van der Waals surface area contributed by atoms with Gasteiger partial charge in [-0.05, 0) is 43.2 Å². The lowest BCUT2D eigenvalue weighted by Gasteiger charge is -2.28. The van der Waals surface area contributed by atoms with Crippen LogP contribution in [0.25, 0.3) is 0 Å². The molecule has 2 heterocycles. The number of halogens is 4. The van der Waals surface area contributed by atoms with E-state index < -0.39 is 33.7 Å². The molecule has 2 aromatic carbocycles. The largest absolute Gasteiger partial charge is 0.416 e. The summed E-state index contributed by atoms with van der Waals surface area (Å²) in [5, 5.41) is 3.16. The van der Waals surface area contributed by atoms with Crippen molar-refractivity contribution in [1.82, 2.24) is 0 Å². The first kappa shape index (κ1) is 24.9. The molecule has 0 saturated carbocycles. The number of aliphatic imine (C=N–C) groups is 1. The van der Waals surface area contributed by atoms with E-state index in [4.69, 9.17) is 11.6 Å². The van der Waals surface area contributed by atoms with Crippen molar-refractivity contribution < 1.29 is 26.4 Å². The standard InChI is InChI=1S/C22H21ClF3N3O3S2/c1-12-4-3-5-13(2)20(12)28-19(30)9-33-21-27-16-10-34(31,32)11-18(16)29(21)17-8-14(22(24,25)26)6-7-15(17)23/h3-8,16,18H,9-11H2,1-2H3,(H,28,30)/t16-,18+/m0/s1. The maximum atomic E-state index is 13.4. The molecule has 0 aliphatic carbocycles. The van der Waals surface area contributed by atoms with Gasteiger partial charge in [-0.1, -0.05) is 41.6 Å². The summed E-state index contributed by atoms with van der Waals surface area (Å²) in [5.41, 5.74) is 1.60. The van der Waals surface area contributed by atoms with E-state index in [2.05, 4.69) is 10.3 Å². The second-order valence-corrected chi connectivity index (χ2v) is 11.8. The number of para-hydroxylation sites is 1. The van der Waals surface area contributed by atoms with Crippen LogP contribution in [-0.2, 0) is 20.8 Å². The first-order valence-corrected chi connectivity index (χ1v) is 13.5. The molecule has 2 aliphatic rings. The molecule has 0 unspecified atom stereocenters. The highest BCUT2D eigenvalue weighted by Gasteiger charge is 2.48. The summed E-state index contributed by atoms with van der Waals surface area (Å²) in [7, 11) is -3.41. The van der Waals surface area contributed by atoms with Crippen LogP contribution in [0.15, 0.2) is 41.4 Å². The highest BCUT2D eigenvalue weighted by atomic mass is 35.5. The summed E-state index contributed by atoms with van der Waals surface area (Å²) in [6.07, 6.45) is -4.60. The van der Waals surface area contributed by atoms with Crippen molar-refractivity contribution in [2.24, 2.45) is 4.99 Å². The Morgan fingerprint density at radius 3 is 2.53 bits per heavy atom. The van der Waals surface area contributed by atoms with Gasteiger partial charge in [0.15, 0.2) is 15.0 Å². The Morgan fingerprint density at radius 2 is 1.88 bits per heavy atom. The fourth-order valence-electron chi connectivity index (χ4n) is 4.11. The highest BCUT2D eigenvalue weighted by Crippen LogP contribution is 2.41. The van der Waals surface area contributed by atoms with Crippen molar-refractivity contribution in [3.05, 3.63) is 58.1 Å². The molecule has 34 heavy (non-hydrogen) atoms. The van der Waals surface area contributed by atoms with Crippen molar-refractivity contribution in [1.29, 1.82) is 0 Å². The lowest BCUT2D eigenvalue weighted by atomic mass is 10.1. The van der Waals surface area contributed by atoms with Crippen LogP contribution in [0.3, 0.4) is 0 Å². The number of carbonyl (C=O) groups excluding carboxylic acids is 1. The summed E-state index contributed by atoms with van der Waals surface area (Å²) in [6.45, 7) is 3.74. The second kappa shape index (κ2) is 9.09. The third kappa shape index (κ3) is 5.06. The molecule has 12 heteroatoms. The molecule has 4 rings (SSSR count). The smallest absolute Gasteiger partial charge is 0.325 e. The minimum atomic E-state index is -4.60. The van der Waals surface area contributed by atoms with Crippen LogP contribution < -0.4 is 10.2 Å². The average Bonchev–Trinajstić information content (AvgIpc) is 3.20. The zero-order chi connectivity index (χ0) is 24.8. The first-order chi connectivity index (χ1) is 15.9. The van der Waals surface area contributed by atoms with Crippen molar-refractivity contribution in [3.8, 4) is 0 Å². The number of amides is 1. The van der Waals surface area contributed by atoms with E-state index >= 15 is 0 Å². The van der Waals surface area contributed by atoms with Gasteiger partial charge in [0.05, 0.1) is 45.6 Å². The van der Waals surface area contributed by atoms with E-state index in [0.29, 0.717) is 5.69 Å². The fraction of sp³-hybridized carbons (Fsp3) is 0.364. The number of amidine groups is 1. The van der Waals surface area contributed by atoms with Gasteiger partial charge in [-0.2, -0.15) is 13.2 Å². The Balaban J connectivity index is 1.60. The predicted octanol–water partition coefficient (Wildman–Crippen LogP) is 4.69. The van der Waals surface area contributed by atoms with Gasteiger partial charge in [0.25, 0.3) is 0 Å². The van der Waals surface area contributed by atoms with Gasteiger partial charge in [-0.25, -0.2) is 8.42 Å². The lowest BCUT2D eigenvalue weighted by molar-refractivity contribution is -0.137. The van der Waals surface area contributed by atoms with E-state index in [9.17, 15) is 26.4 Å². The normalized spacial score (nSPS) is 21.4. The SMILES string of the molecule is Cc1cccc(C)c1NC(=O)CSC1=N[C@H]2CS(=O)(=O)C[C@H]2N1c1cc(C(F)(F)F)ccc1Cl. The molecule has 0 spiro atoms. The van der Waals surface area contributed by atoms with E-state index in [1.165, 1.54) is 4.90 Å². The van der Waals surface area contributed by atoms with Crippen molar-refractivity contribution in [3.63, 3.8) is 0 Å². The molecule has 1 fully saturated rings. The minimum Gasteiger partial charge on any atom is -0.325 e. The number of alkyl halides is 3. The monoisotopic (exact) mass is 531 g/mol. The average molecular weight is 532 g/mol. The molecule has 2 atom stereocenters. The van der Waals surface area contributed by atoms with Crippen molar-refractivity contribution in [2.45, 2.75) is 32.1 Å². The molecule has 0 radical (unpaired) electrons. The van der Waals surface area contributed by atoms with Crippen LogP contribution in [0.2, 0.25) is 5.02 Å². The fourth-order valence-corrected chi connectivity index (χ4v) is 7.07. The van der Waals surface area contributed by atoms with Gasteiger partial charge >= 0.3 is 6.18 Å². The molecule has 1 saturated heterocycles. The quantitative estimate of drug-likeness (QED) is 0.619. The number of anilines is 2. The molecule has 6 nitrogen and oxygen atoms in total. The van der Waals surface area contributed by atoms with Crippen LogP contribution >= 0.6 is 23.4 Å². The summed E-state index contributed by atoms with van der Waals surface area (Å²) in [5.74, 6) is -0.841. The van der Waals surface area contributed by atoms with Gasteiger partial charge in [-0.3, -0.25) is 9.79 Å². The summed E-state index contributed by atoms with van der Waals surface area (Å²) >= 11 is 7.29. The number of nitrogens with zero attached hydrogens (tertiary/aromatic N) is 2. The number of sulfone groups is 1. The van der Waals surface area contributed by atoms with E-state index in [1.54, 1.807) is 0 Å². The van der Waals surface area contributed by atoms with E-state index in [1.807, 2.05) is 32.0 Å². The Morgan fingerprint density at radius 1 is 1.21 bits per heavy atom. The predicted molar refractivity (Wildman–Crippen MR) is 130 cm³/mol. The van der Waals surface area contributed by atoms with Crippen LogP contribution in [0.5, 0.6) is 0 Å². The number of hydrogen-bond acceptors (Lipinski definition) is 6. The van der Waals surface area contributed by atoms with Gasteiger partial charge in [0.2, 0.25) is 5.91 Å². The Hall–Kier alpha value is -2.24. The topological polar surface area (TPSA) is 78.8 Å². The summed E-state index contributed by atoms with van der Waals surface area (Å²) in [4.78, 5) is 18.5. The van der Waals surface area contributed by atoms with Gasteiger partial charge in [0, 0.05) is 5.69 Å². The van der Waals surface area contributed by atoms with Gasteiger partial charge in [0.1, 0.15) is 0 Å². The molecule has 182 valence electrons. The number of fused-ring (bicyclic) bond motifs is 1. The highest BCUT2D eigenvalue weighted by molar-refractivity contribution is 8.14. The molecule has 2 aliphatic heterocycles. The van der Waals surface area contributed by atoms with Gasteiger partial charge < -0.3 is 10.2 Å². The number of benzene rings is 2. The number of nitrogens with one attached hydrogen (secondary N) is 1. The molecule has 0 bridgehead atoms. The minimum absolute atomic E-state index is 0.0162. The zero-order valence-electron chi connectivity index (χ0n) is 18.2. The molecule has 1 amide bonds. The number of hydrogen-bond donors (Lipinski definition) is 1. The maximum absolute atomic E-state index is 13.4. The van der Waals surface area contributed by atoms with E-state index in [0.717, 1.165) is 41.1 Å². The Labute approximate surface area is 204 Å². The first-order valence-electron chi connectivity index (χ1n) is 10.3. The van der Waals surface area contributed by atoms with Crippen LogP contribution in [0, 0.1) is 13.8 Å². The third-order valence-corrected chi connectivity index (χ3v) is 8.70. The third-order valence-electron chi connectivity index (χ3n) is 5.72. The Bertz CT molecular complexity index is 1260. The lowest BCUT2D eigenvalue weighted by Crippen LogP contribution is -2.39. The van der Waals surface area contributed by atoms with Crippen molar-refractivity contribution in [2.75, 3.05) is 27.5 Å². The second-order valence-electron chi connectivity index (χ2n) is 8.26. The van der Waals surface area contributed by atoms with Gasteiger partial charge in [-0.15, -0.1) is 0 Å². The number of carbonyl (C=O) groups is 1. The molecule has 1 N–H and O–H groups in total. The van der Waals surface area contributed by atoms with E-state index in [-0.39, 0.29) is 39.0 Å². The zero-order valence-corrected chi connectivity index (χ0v) is 20.6. The Kier molecular flexibility index (Phi) is 6.65. The maximum Gasteiger partial charge on any atom is 0.416 e. The number of thioether (sulfide) groups is 1. The molecular weight excluding hydrogens is 511 g/mol. The van der Waals surface area contributed by atoms with Crippen LogP contribution in [0.4, 0.5) is 24.5 Å². The van der Waals surface area contributed by atoms with Crippen LogP contribution in [0.1, 0.15) is 16.7 Å². The van der Waals surface area contributed by atoms with Crippen molar-refractivity contribution >= 4 is 55.6 Å².